The molecule has 0 aromatic carbocycles. The van der Waals surface area contributed by atoms with Crippen molar-refractivity contribution in [3.8, 4) is 0 Å². The molecule has 0 bridgehead atoms. The van der Waals surface area contributed by atoms with Gasteiger partial charge in [0.15, 0.2) is 6.29 Å². The van der Waals surface area contributed by atoms with E-state index in [1.54, 1.807) is 6.08 Å². The van der Waals surface area contributed by atoms with Crippen LogP contribution in [0.5, 0.6) is 0 Å². The second-order valence-corrected chi connectivity index (χ2v) is 22.0. The largest absolute Gasteiger partial charge is 0.394 e. The first-order valence-corrected chi connectivity index (χ1v) is 31.2. The van der Waals surface area contributed by atoms with E-state index in [1.807, 2.05) is 6.08 Å². The molecule has 426 valence electrons. The normalized spacial score (nSPS) is 19.7. The van der Waals surface area contributed by atoms with Crippen LogP contribution in [0.4, 0.5) is 0 Å². The first-order valence-electron chi connectivity index (χ1n) is 31.2. The summed E-state index contributed by atoms with van der Waals surface area (Å²) in [4.78, 5) is 13.1. The van der Waals surface area contributed by atoms with Crippen molar-refractivity contribution in [1.29, 1.82) is 0 Å². The van der Waals surface area contributed by atoms with Gasteiger partial charge >= 0.3 is 0 Å². The number of carbonyl (C=O) groups is 1. The Hall–Kier alpha value is -1.37. The van der Waals surface area contributed by atoms with Crippen molar-refractivity contribution in [1.82, 2.24) is 5.32 Å². The monoisotopic (exact) mass is 1020 g/mol. The zero-order valence-electron chi connectivity index (χ0n) is 47.1. The van der Waals surface area contributed by atoms with Crippen molar-refractivity contribution in [2.75, 3.05) is 13.2 Å². The van der Waals surface area contributed by atoms with Gasteiger partial charge in [-0.2, -0.15) is 0 Å². The third-order valence-corrected chi connectivity index (χ3v) is 15.1. The summed E-state index contributed by atoms with van der Waals surface area (Å²) in [6, 6.07) is -0.977. The van der Waals surface area contributed by atoms with Crippen molar-refractivity contribution in [2.45, 2.75) is 352 Å². The summed E-state index contributed by atoms with van der Waals surface area (Å²) in [6.07, 6.45) is 56.2. The maximum absolute atomic E-state index is 13.1. The summed E-state index contributed by atoms with van der Waals surface area (Å²) in [5.41, 5.74) is 0. The van der Waals surface area contributed by atoms with E-state index in [2.05, 4.69) is 31.3 Å². The number of rotatable bonds is 54. The number of nitrogens with one attached hydrogen (secondary N) is 1. The lowest BCUT2D eigenvalue weighted by Crippen LogP contribution is -2.60. The zero-order chi connectivity index (χ0) is 52.4. The van der Waals surface area contributed by atoms with Crippen LogP contribution in [0.3, 0.4) is 0 Å². The molecule has 1 fully saturated rings. The molecule has 10 nitrogen and oxygen atoms in total. The van der Waals surface area contributed by atoms with Crippen LogP contribution in [-0.2, 0) is 14.3 Å². The SMILES string of the molecule is CCCCCCCCCCC/C=C/C(O)C(COC1OC(CO)C(O)C(O)C1O)NC(=O)C(O)CCCCCCCCCCCCCCCCCC/C=C\CCCCCCCCCCCCCCCCCC. The predicted octanol–water partition coefficient (Wildman–Crippen LogP) is 14.7. The highest BCUT2D eigenvalue weighted by atomic mass is 16.7. The molecule has 72 heavy (non-hydrogen) atoms. The van der Waals surface area contributed by atoms with Gasteiger partial charge in [-0.1, -0.05) is 282 Å². The van der Waals surface area contributed by atoms with Gasteiger partial charge in [0.2, 0.25) is 5.91 Å². The minimum absolute atomic E-state index is 0.303. The fourth-order valence-electron chi connectivity index (χ4n) is 10.1. The third-order valence-electron chi connectivity index (χ3n) is 15.1. The standard InChI is InChI=1S/C62H119NO9/c1-3-5-7-9-11-13-15-16-17-18-19-20-21-22-23-24-25-26-27-28-29-30-31-32-33-34-35-36-37-38-39-41-43-45-47-49-51-56(66)61(70)63-54(53-71-62-60(69)59(68)58(67)57(52-64)72-62)55(65)50-48-46-44-42-40-14-12-10-8-6-4-2/h26-27,48,50,54-60,62,64-69H,3-25,28-47,49,51-53H2,1-2H3,(H,63,70)/b27-26-,50-48+. The molecule has 0 aliphatic carbocycles. The highest BCUT2D eigenvalue weighted by molar-refractivity contribution is 5.80. The number of ether oxygens (including phenoxy) is 2. The summed E-state index contributed by atoms with van der Waals surface area (Å²) in [6.45, 7) is 3.62. The van der Waals surface area contributed by atoms with Crippen molar-refractivity contribution in [3.63, 3.8) is 0 Å². The van der Waals surface area contributed by atoms with Crippen LogP contribution in [0.2, 0.25) is 0 Å². The van der Waals surface area contributed by atoms with Crippen LogP contribution in [0, 0.1) is 0 Å². The number of amides is 1. The summed E-state index contributed by atoms with van der Waals surface area (Å²) in [7, 11) is 0. The van der Waals surface area contributed by atoms with E-state index in [0.29, 0.717) is 6.42 Å². The molecule has 8 unspecified atom stereocenters. The maximum atomic E-state index is 13.1. The number of aliphatic hydroxyl groups excluding tert-OH is 6. The van der Waals surface area contributed by atoms with Gasteiger partial charge in [0.25, 0.3) is 0 Å². The van der Waals surface area contributed by atoms with Gasteiger partial charge in [0.05, 0.1) is 25.4 Å². The van der Waals surface area contributed by atoms with Gasteiger partial charge in [0, 0.05) is 0 Å². The molecule has 7 N–H and O–H groups in total. The second kappa shape index (κ2) is 51.7. The molecule has 1 rings (SSSR count). The minimum atomic E-state index is -1.61. The molecule has 0 aromatic heterocycles. The van der Waals surface area contributed by atoms with E-state index >= 15 is 0 Å². The summed E-state index contributed by atoms with van der Waals surface area (Å²) in [5, 5.41) is 64.9. The molecule has 8 atom stereocenters. The highest BCUT2D eigenvalue weighted by Crippen LogP contribution is 2.23. The maximum Gasteiger partial charge on any atom is 0.249 e. The van der Waals surface area contributed by atoms with Gasteiger partial charge in [-0.3, -0.25) is 4.79 Å². The molecule has 0 radical (unpaired) electrons. The Morgan fingerprint density at radius 2 is 0.806 bits per heavy atom. The van der Waals surface area contributed by atoms with Crippen LogP contribution < -0.4 is 5.32 Å². The van der Waals surface area contributed by atoms with Crippen molar-refractivity contribution in [3.05, 3.63) is 24.3 Å². The van der Waals surface area contributed by atoms with Crippen LogP contribution in [-0.4, -0.2) is 98.7 Å². The van der Waals surface area contributed by atoms with Crippen LogP contribution in [0.25, 0.3) is 0 Å². The van der Waals surface area contributed by atoms with Crippen molar-refractivity contribution >= 4 is 5.91 Å². The average molecular weight is 1020 g/mol. The molecule has 0 saturated carbocycles. The lowest BCUT2D eigenvalue weighted by molar-refractivity contribution is -0.302. The van der Waals surface area contributed by atoms with Gasteiger partial charge in [-0.25, -0.2) is 0 Å². The zero-order valence-corrected chi connectivity index (χ0v) is 47.1. The van der Waals surface area contributed by atoms with E-state index in [1.165, 1.54) is 238 Å². The van der Waals surface area contributed by atoms with E-state index in [-0.39, 0.29) is 6.61 Å². The summed E-state index contributed by atoms with van der Waals surface area (Å²) in [5.74, 6) is -0.613. The number of carbonyl (C=O) groups excluding carboxylic acids is 1. The lowest BCUT2D eigenvalue weighted by Gasteiger charge is -2.40. The summed E-state index contributed by atoms with van der Waals surface area (Å²) < 4.78 is 11.2. The molecular formula is C62H119NO9. The molecule has 0 spiro atoms. The molecule has 1 saturated heterocycles. The molecule has 1 heterocycles. The van der Waals surface area contributed by atoms with E-state index < -0.39 is 61.5 Å². The Kier molecular flexibility index (Phi) is 49.3. The smallest absolute Gasteiger partial charge is 0.249 e. The third kappa shape index (κ3) is 40.0. The fraction of sp³-hybridized carbons (Fsp3) is 0.919. The van der Waals surface area contributed by atoms with E-state index in [9.17, 15) is 35.4 Å². The van der Waals surface area contributed by atoms with Crippen molar-refractivity contribution in [2.24, 2.45) is 0 Å². The first kappa shape index (κ1) is 68.6. The van der Waals surface area contributed by atoms with E-state index in [4.69, 9.17) is 9.47 Å². The van der Waals surface area contributed by atoms with Gasteiger partial charge in [-0.15, -0.1) is 0 Å². The minimum Gasteiger partial charge on any atom is -0.394 e. The van der Waals surface area contributed by atoms with Crippen LogP contribution >= 0.6 is 0 Å². The Morgan fingerprint density at radius 3 is 1.17 bits per heavy atom. The van der Waals surface area contributed by atoms with Gasteiger partial charge in [-0.05, 0) is 44.9 Å². The fourth-order valence-corrected chi connectivity index (χ4v) is 10.1. The number of unbranched alkanes of at least 4 members (excludes halogenated alkanes) is 41. The molecule has 10 heteroatoms. The van der Waals surface area contributed by atoms with E-state index in [0.717, 1.165) is 44.9 Å². The molecule has 1 amide bonds. The highest BCUT2D eigenvalue weighted by Gasteiger charge is 2.44. The first-order chi connectivity index (χ1) is 35.3. The van der Waals surface area contributed by atoms with Crippen LogP contribution in [0.1, 0.15) is 303 Å². The number of hydrogen-bond acceptors (Lipinski definition) is 9. The Morgan fingerprint density at radius 1 is 0.472 bits per heavy atom. The number of aliphatic hydroxyl groups is 6. The number of hydrogen-bond donors (Lipinski definition) is 7. The topological polar surface area (TPSA) is 169 Å². The van der Waals surface area contributed by atoms with Gasteiger partial charge in [0.1, 0.15) is 30.5 Å². The number of allylic oxidation sites excluding steroid dienone is 3. The molecule has 1 aliphatic rings. The quantitative estimate of drug-likeness (QED) is 0.0232. The second-order valence-electron chi connectivity index (χ2n) is 22.0. The predicted molar refractivity (Wildman–Crippen MR) is 301 cm³/mol. The Bertz CT molecular complexity index is 1200. The Balaban J connectivity index is 2.07. The van der Waals surface area contributed by atoms with Crippen LogP contribution in [0.15, 0.2) is 24.3 Å². The lowest BCUT2D eigenvalue weighted by atomic mass is 9.99. The van der Waals surface area contributed by atoms with Crippen molar-refractivity contribution < 1.29 is 44.9 Å². The molecule has 0 aromatic rings. The van der Waals surface area contributed by atoms with Gasteiger partial charge < -0.3 is 45.4 Å². The molecular weight excluding hydrogens is 903 g/mol. The molecule has 1 aliphatic heterocycles. The average Bonchev–Trinajstić information content (AvgIpc) is 3.38. The summed E-state index contributed by atoms with van der Waals surface area (Å²) >= 11 is 0. The Labute approximate surface area is 443 Å².